The molecule has 3 N–H and O–H groups in total. The Bertz CT molecular complexity index is 1250. The van der Waals surface area contributed by atoms with Crippen molar-refractivity contribution in [1.82, 2.24) is 5.43 Å². The summed E-state index contributed by atoms with van der Waals surface area (Å²) < 4.78 is 0. The zero-order valence-corrected chi connectivity index (χ0v) is 19.3. The van der Waals surface area contributed by atoms with Gasteiger partial charge in [-0.25, -0.2) is 5.43 Å². The average Bonchev–Trinajstić information content (AvgIpc) is 3.43. The van der Waals surface area contributed by atoms with Gasteiger partial charge in [0.25, 0.3) is 11.8 Å². The molecule has 1 aromatic heterocycles. The molecule has 4 aromatic rings. The summed E-state index contributed by atoms with van der Waals surface area (Å²) >= 11 is 1.37. The molecule has 3 aromatic carbocycles. The van der Waals surface area contributed by atoms with Crippen LogP contribution in [0, 0.1) is 0 Å². The highest BCUT2D eigenvalue weighted by Crippen LogP contribution is 2.30. The molecule has 6 nitrogen and oxygen atoms in total. The maximum Gasteiger partial charge on any atom is 0.281 e. The van der Waals surface area contributed by atoms with Gasteiger partial charge in [-0.05, 0) is 47.2 Å². The van der Waals surface area contributed by atoms with Crippen LogP contribution >= 0.6 is 11.3 Å². The summed E-state index contributed by atoms with van der Waals surface area (Å²) in [6.45, 7) is 1.75. The number of amides is 2. The van der Waals surface area contributed by atoms with Crippen molar-refractivity contribution in [3.8, 4) is 0 Å². The van der Waals surface area contributed by atoms with Gasteiger partial charge in [0, 0.05) is 5.69 Å². The van der Waals surface area contributed by atoms with E-state index < -0.39 is 11.5 Å². The lowest BCUT2D eigenvalue weighted by Gasteiger charge is -2.27. The Morgan fingerprint density at radius 2 is 1.41 bits per heavy atom. The number of hydrogen-bond donors (Lipinski definition) is 3. The van der Waals surface area contributed by atoms with Gasteiger partial charge in [0.15, 0.2) is 5.60 Å². The third kappa shape index (κ3) is 4.96. The summed E-state index contributed by atoms with van der Waals surface area (Å²) in [5.74, 6) is -0.828. The lowest BCUT2D eigenvalue weighted by Crippen LogP contribution is -2.43. The van der Waals surface area contributed by atoms with Crippen molar-refractivity contribution >= 4 is 34.6 Å². The van der Waals surface area contributed by atoms with E-state index in [0.717, 1.165) is 5.56 Å². The number of nitrogens with zero attached hydrogens (tertiary/aromatic N) is 1. The zero-order valence-electron chi connectivity index (χ0n) is 18.4. The molecule has 0 saturated carbocycles. The standard InChI is InChI=1S/C27H23N3O3S/c1-19(20-14-16-23(17-15-20)28-25(31)24-13-8-18-34-24)29-30-26(32)27(33,21-9-4-2-5-10-21)22-11-6-3-7-12-22/h2-18,33H,1H3,(H,28,31)(H,30,32)/b29-19+. The second kappa shape index (κ2) is 10.2. The summed E-state index contributed by atoms with van der Waals surface area (Å²) in [6, 6.07) is 28.2. The van der Waals surface area contributed by atoms with Gasteiger partial charge in [-0.3, -0.25) is 9.59 Å². The monoisotopic (exact) mass is 469 g/mol. The van der Waals surface area contributed by atoms with Crippen LogP contribution in [0.25, 0.3) is 0 Å². The third-order valence-electron chi connectivity index (χ3n) is 5.34. The van der Waals surface area contributed by atoms with Crippen LogP contribution in [0.5, 0.6) is 0 Å². The molecule has 1 heterocycles. The quantitative estimate of drug-likeness (QED) is 0.269. The Kier molecular flexibility index (Phi) is 6.96. The SMILES string of the molecule is C/C(=N\NC(=O)C(O)(c1ccccc1)c1ccccc1)c1ccc(NC(=O)c2cccs2)cc1. The zero-order chi connectivity index (χ0) is 24.0. The van der Waals surface area contributed by atoms with Crippen LogP contribution < -0.4 is 10.7 Å². The lowest BCUT2D eigenvalue weighted by molar-refractivity contribution is -0.136. The maximum absolute atomic E-state index is 13.2. The smallest absolute Gasteiger partial charge is 0.281 e. The van der Waals surface area contributed by atoms with Gasteiger partial charge in [-0.15, -0.1) is 11.3 Å². The normalized spacial score (nSPS) is 11.6. The molecule has 0 saturated heterocycles. The molecule has 0 spiro atoms. The molecule has 0 unspecified atom stereocenters. The summed E-state index contributed by atoms with van der Waals surface area (Å²) in [5.41, 5.74) is 3.46. The molecule has 0 bridgehead atoms. The molecular formula is C27H23N3O3S. The van der Waals surface area contributed by atoms with Crippen molar-refractivity contribution < 1.29 is 14.7 Å². The van der Waals surface area contributed by atoms with E-state index in [0.29, 0.717) is 27.4 Å². The summed E-state index contributed by atoms with van der Waals surface area (Å²) in [7, 11) is 0. The predicted octanol–water partition coefficient (Wildman–Crippen LogP) is 4.78. The number of benzene rings is 3. The number of hydrazone groups is 1. The number of carbonyl (C=O) groups excluding carboxylic acids is 2. The van der Waals surface area contributed by atoms with Crippen LogP contribution in [0.3, 0.4) is 0 Å². The number of nitrogens with one attached hydrogen (secondary N) is 2. The van der Waals surface area contributed by atoms with E-state index in [2.05, 4.69) is 15.8 Å². The van der Waals surface area contributed by atoms with E-state index in [-0.39, 0.29) is 5.91 Å². The molecule has 34 heavy (non-hydrogen) atoms. The van der Waals surface area contributed by atoms with Crippen LogP contribution in [-0.2, 0) is 10.4 Å². The number of anilines is 1. The predicted molar refractivity (Wildman–Crippen MR) is 135 cm³/mol. The van der Waals surface area contributed by atoms with Gasteiger partial charge >= 0.3 is 0 Å². The van der Waals surface area contributed by atoms with E-state index >= 15 is 0 Å². The summed E-state index contributed by atoms with van der Waals surface area (Å²) in [6.07, 6.45) is 0. The van der Waals surface area contributed by atoms with Crippen molar-refractivity contribution in [3.05, 3.63) is 124 Å². The Morgan fingerprint density at radius 1 is 0.824 bits per heavy atom. The first-order valence-corrected chi connectivity index (χ1v) is 11.5. The number of carbonyl (C=O) groups is 2. The maximum atomic E-state index is 13.2. The highest BCUT2D eigenvalue weighted by atomic mass is 32.1. The number of aliphatic hydroxyl groups is 1. The molecule has 0 aliphatic heterocycles. The largest absolute Gasteiger partial charge is 0.372 e. The lowest BCUT2D eigenvalue weighted by atomic mass is 9.85. The first kappa shape index (κ1) is 23.1. The molecule has 0 radical (unpaired) electrons. The van der Waals surface area contributed by atoms with Crippen molar-refractivity contribution in [2.45, 2.75) is 12.5 Å². The molecule has 4 rings (SSSR count). The van der Waals surface area contributed by atoms with Gasteiger partial charge in [0.1, 0.15) is 0 Å². The molecule has 0 fully saturated rings. The highest BCUT2D eigenvalue weighted by molar-refractivity contribution is 7.12. The number of thiophene rings is 1. The van der Waals surface area contributed by atoms with Gasteiger partial charge in [-0.1, -0.05) is 78.9 Å². The molecule has 0 aliphatic carbocycles. The highest BCUT2D eigenvalue weighted by Gasteiger charge is 2.39. The number of rotatable bonds is 7. The number of hydrogen-bond acceptors (Lipinski definition) is 5. The van der Waals surface area contributed by atoms with Crippen LogP contribution in [0.1, 0.15) is 33.3 Å². The van der Waals surface area contributed by atoms with Crippen LogP contribution in [-0.4, -0.2) is 22.6 Å². The minimum atomic E-state index is -1.90. The average molecular weight is 470 g/mol. The third-order valence-corrected chi connectivity index (χ3v) is 6.21. The Labute approximate surface area is 201 Å². The van der Waals surface area contributed by atoms with Crippen LogP contribution in [0.15, 0.2) is 108 Å². The second-order valence-corrected chi connectivity index (χ2v) is 8.54. The van der Waals surface area contributed by atoms with Gasteiger partial charge in [0.2, 0.25) is 0 Å². The molecule has 2 amide bonds. The van der Waals surface area contributed by atoms with Gasteiger partial charge < -0.3 is 10.4 Å². The van der Waals surface area contributed by atoms with Gasteiger partial charge in [-0.2, -0.15) is 5.10 Å². The summed E-state index contributed by atoms with van der Waals surface area (Å²) in [5, 5.41) is 20.4. The van der Waals surface area contributed by atoms with E-state index in [1.807, 2.05) is 23.6 Å². The van der Waals surface area contributed by atoms with E-state index in [1.165, 1.54) is 11.3 Å². The Hall–Kier alpha value is -4.07. The minimum Gasteiger partial charge on any atom is -0.372 e. The van der Waals surface area contributed by atoms with Crippen molar-refractivity contribution in [2.75, 3.05) is 5.32 Å². The van der Waals surface area contributed by atoms with Crippen LogP contribution in [0.4, 0.5) is 5.69 Å². The fourth-order valence-corrected chi connectivity index (χ4v) is 4.08. The van der Waals surface area contributed by atoms with E-state index in [4.69, 9.17) is 0 Å². The molecule has 170 valence electrons. The minimum absolute atomic E-state index is 0.165. The topological polar surface area (TPSA) is 90.8 Å². The fraction of sp³-hybridized carbons (Fsp3) is 0.0741. The first-order valence-electron chi connectivity index (χ1n) is 10.6. The molecule has 0 atom stereocenters. The van der Waals surface area contributed by atoms with Crippen LogP contribution in [0.2, 0.25) is 0 Å². The first-order chi connectivity index (χ1) is 16.5. The Balaban J connectivity index is 1.50. The Morgan fingerprint density at radius 3 is 1.94 bits per heavy atom. The van der Waals surface area contributed by atoms with Crippen molar-refractivity contribution in [3.63, 3.8) is 0 Å². The molecular weight excluding hydrogens is 446 g/mol. The van der Waals surface area contributed by atoms with Crippen molar-refractivity contribution in [2.24, 2.45) is 5.10 Å². The molecule has 0 aliphatic rings. The summed E-state index contributed by atoms with van der Waals surface area (Å²) in [4.78, 5) is 26.0. The van der Waals surface area contributed by atoms with Gasteiger partial charge in [0.05, 0.1) is 10.6 Å². The second-order valence-electron chi connectivity index (χ2n) is 7.59. The van der Waals surface area contributed by atoms with E-state index in [1.54, 1.807) is 85.8 Å². The fourth-order valence-electron chi connectivity index (χ4n) is 3.46. The molecule has 7 heteroatoms. The van der Waals surface area contributed by atoms with Crippen molar-refractivity contribution in [1.29, 1.82) is 0 Å². The van der Waals surface area contributed by atoms with E-state index in [9.17, 15) is 14.7 Å².